The molecular weight excluding hydrogens is 276 g/mol. The van der Waals surface area contributed by atoms with Crippen molar-refractivity contribution in [2.75, 3.05) is 19.7 Å². The minimum absolute atomic E-state index is 0.0876. The maximum atomic E-state index is 12.3. The second-order valence-corrected chi connectivity index (χ2v) is 5.31. The third-order valence-electron chi connectivity index (χ3n) is 3.72. The Kier molecular flexibility index (Phi) is 6.45. The number of rotatable bonds is 7. The highest BCUT2D eigenvalue weighted by Crippen LogP contribution is 2.32. The highest BCUT2D eigenvalue weighted by atomic mass is 16.5. The summed E-state index contributed by atoms with van der Waals surface area (Å²) < 4.78 is 4.83. The number of carbonyl (C=O) groups excluding carboxylic acids is 2. The highest BCUT2D eigenvalue weighted by Gasteiger charge is 2.38. The van der Waals surface area contributed by atoms with Crippen LogP contribution in [0.25, 0.3) is 0 Å². The third-order valence-corrected chi connectivity index (χ3v) is 3.72. The van der Waals surface area contributed by atoms with Gasteiger partial charge in [0.15, 0.2) is 0 Å². The lowest BCUT2D eigenvalue weighted by atomic mass is 9.93. The first-order valence-electron chi connectivity index (χ1n) is 7.37. The summed E-state index contributed by atoms with van der Waals surface area (Å²) in [5, 5.41) is 11.8. The Labute approximate surface area is 124 Å². The van der Waals surface area contributed by atoms with Crippen LogP contribution in [0.1, 0.15) is 46.0 Å². The van der Waals surface area contributed by atoms with Crippen LogP contribution < -0.4 is 5.32 Å². The number of amides is 2. The summed E-state index contributed by atoms with van der Waals surface area (Å²) in [7, 11) is 0. The first-order chi connectivity index (χ1) is 9.92. The number of esters is 1. The molecule has 2 amide bonds. The fourth-order valence-corrected chi connectivity index (χ4v) is 2.68. The standard InChI is InChI=1S/C14H24N2O5/c1-3-16(10-12(19)21-4-2)13(20)15-14(9-11(17)18)7-5-6-8-14/h3-10H2,1-2H3,(H,15,20)(H,17,18). The van der Waals surface area contributed by atoms with Crippen LogP contribution in [-0.2, 0) is 14.3 Å². The van der Waals surface area contributed by atoms with Crippen molar-refractivity contribution in [1.29, 1.82) is 0 Å². The van der Waals surface area contributed by atoms with Crippen LogP contribution in [0, 0.1) is 0 Å². The molecule has 120 valence electrons. The van der Waals surface area contributed by atoms with E-state index in [-0.39, 0.29) is 19.6 Å². The van der Waals surface area contributed by atoms with Crippen molar-refractivity contribution in [2.45, 2.75) is 51.5 Å². The Morgan fingerprint density at radius 1 is 1.24 bits per heavy atom. The second kappa shape index (κ2) is 7.85. The topological polar surface area (TPSA) is 95.9 Å². The molecule has 0 radical (unpaired) electrons. The van der Waals surface area contributed by atoms with Crippen molar-refractivity contribution in [3.63, 3.8) is 0 Å². The molecule has 7 nitrogen and oxygen atoms in total. The van der Waals surface area contributed by atoms with Gasteiger partial charge in [-0.1, -0.05) is 12.8 Å². The van der Waals surface area contributed by atoms with Crippen LogP contribution in [0.4, 0.5) is 4.79 Å². The molecule has 0 spiro atoms. The van der Waals surface area contributed by atoms with Crippen molar-refractivity contribution in [3.8, 4) is 0 Å². The molecule has 1 saturated carbocycles. The van der Waals surface area contributed by atoms with E-state index >= 15 is 0 Å². The molecule has 21 heavy (non-hydrogen) atoms. The van der Waals surface area contributed by atoms with Crippen molar-refractivity contribution in [2.24, 2.45) is 0 Å². The average molecular weight is 300 g/mol. The molecule has 1 fully saturated rings. The molecule has 1 aliphatic carbocycles. The molecule has 0 aromatic rings. The normalized spacial score (nSPS) is 16.3. The number of ether oxygens (including phenoxy) is 1. The fourth-order valence-electron chi connectivity index (χ4n) is 2.68. The van der Waals surface area contributed by atoms with Gasteiger partial charge in [-0.15, -0.1) is 0 Å². The molecule has 0 unspecified atom stereocenters. The highest BCUT2D eigenvalue weighted by molar-refractivity contribution is 5.82. The number of hydrogen-bond donors (Lipinski definition) is 2. The number of nitrogens with one attached hydrogen (secondary N) is 1. The molecule has 0 aliphatic heterocycles. The van der Waals surface area contributed by atoms with Gasteiger partial charge in [-0.3, -0.25) is 9.59 Å². The zero-order valence-electron chi connectivity index (χ0n) is 12.7. The van der Waals surface area contributed by atoms with Crippen LogP contribution in [0.2, 0.25) is 0 Å². The summed E-state index contributed by atoms with van der Waals surface area (Å²) in [6.45, 7) is 3.96. The van der Waals surface area contributed by atoms with Crippen LogP contribution in [0.5, 0.6) is 0 Å². The maximum Gasteiger partial charge on any atom is 0.325 e. The van der Waals surface area contributed by atoms with Gasteiger partial charge in [0, 0.05) is 6.54 Å². The number of likely N-dealkylation sites (N-methyl/N-ethyl adjacent to an activating group) is 1. The third kappa shape index (κ3) is 5.24. The summed E-state index contributed by atoms with van der Waals surface area (Å²) in [6, 6.07) is -0.409. The van der Waals surface area contributed by atoms with Crippen LogP contribution >= 0.6 is 0 Å². The predicted molar refractivity (Wildman–Crippen MR) is 75.9 cm³/mol. The number of hydrogen-bond acceptors (Lipinski definition) is 4. The minimum Gasteiger partial charge on any atom is -0.481 e. The van der Waals surface area contributed by atoms with E-state index in [0.717, 1.165) is 12.8 Å². The second-order valence-electron chi connectivity index (χ2n) is 5.31. The van der Waals surface area contributed by atoms with E-state index in [1.807, 2.05) is 0 Å². The van der Waals surface area contributed by atoms with E-state index in [1.165, 1.54) is 4.90 Å². The number of aliphatic carboxylic acids is 1. The summed E-state index contributed by atoms with van der Waals surface area (Å²) in [5.41, 5.74) is -0.689. The van der Waals surface area contributed by atoms with Gasteiger partial charge < -0.3 is 20.1 Å². The Balaban J connectivity index is 2.66. The van der Waals surface area contributed by atoms with Gasteiger partial charge in [-0.25, -0.2) is 4.79 Å². The van der Waals surface area contributed by atoms with Crippen molar-refractivity contribution in [1.82, 2.24) is 10.2 Å². The number of nitrogens with zero attached hydrogens (tertiary/aromatic N) is 1. The fraction of sp³-hybridized carbons (Fsp3) is 0.786. The molecule has 1 rings (SSSR count). The Morgan fingerprint density at radius 2 is 1.86 bits per heavy atom. The SMILES string of the molecule is CCOC(=O)CN(CC)C(=O)NC1(CC(=O)O)CCCC1. The van der Waals surface area contributed by atoms with Crippen molar-refractivity contribution < 1.29 is 24.2 Å². The number of urea groups is 1. The lowest BCUT2D eigenvalue weighted by Gasteiger charge is -2.32. The van der Waals surface area contributed by atoms with Crippen molar-refractivity contribution in [3.05, 3.63) is 0 Å². The van der Waals surface area contributed by atoms with Gasteiger partial charge in [-0.2, -0.15) is 0 Å². The van der Waals surface area contributed by atoms with Gasteiger partial charge in [0.25, 0.3) is 0 Å². The first kappa shape index (κ1) is 17.3. The summed E-state index contributed by atoms with van der Waals surface area (Å²) >= 11 is 0. The quantitative estimate of drug-likeness (QED) is 0.692. The smallest absolute Gasteiger partial charge is 0.325 e. The Hall–Kier alpha value is -1.79. The van der Waals surface area contributed by atoms with E-state index in [0.29, 0.717) is 19.4 Å². The number of carboxylic acid groups (broad SMARTS) is 1. The van der Waals surface area contributed by atoms with Gasteiger partial charge in [0.05, 0.1) is 18.6 Å². The first-order valence-corrected chi connectivity index (χ1v) is 7.37. The van der Waals surface area contributed by atoms with E-state index in [1.54, 1.807) is 13.8 Å². The molecule has 0 saturated heterocycles. The molecule has 0 atom stereocenters. The van der Waals surface area contributed by atoms with Gasteiger partial charge in [0.1, 0.15) is 6.54 Å². The molecular formula is C14H24N2O5. The molecule has 0 aromatic carbocycles. The predicted octanol–water partition coefficient (Wildman–Crippen LogP) is 1.37. The van der Waals surface area contributed by atoms with E-state index < -0.39 is 23.5 Å². The number of carboxylic acids is 1. The van der Waals surface area contributed by atoms with Gasteiger partial charge in [0.2, 0.25) is 0 Å². The Morgan fingerprint density at radius 3 is 2.33 bits per heavy atom. The van der Waals surface area contributed by atoms with Gasteiger partial charge in [-0.05, 0) is 26.7 Å². The number of carbonyl (C=O) groups is 3. The molecule has 7 heteroatoms. The average Bonchev–Trinajstić information content (AvgIpc) is 2.83. The van der Waals surface area contributed by atoms with E-state index in [2.05, 4.69) is 5.32 Å². The molecule has 0 bridgehead atoms. The lowest BCUT2D eigenvalue weighted by molar-refractivity contribution is -0.144. The summed E-state index contributed by atoms with van der Waals surface area (Å²) in [4.78, 5) is 36.1. The van der Waals surface area contributed by atoms with Crippen LogP contribution in [0.3, 0.4) is 0 Å². The lowest BCUT2D eigenvalue weighted by Crippen LogP contribution is -2.53. The zero-order chi connectivity index (χ0) is 15.9. The monoisotopic (exact) mass is 300 g/mol. The van der Waals surface area contributed by atoms with Crippen LogP contribution in [0.15, 0.2) is 0 Å². The van der Waals surface area contributed by atoms with Crippen LogP contribution in [-0.4, -0.2) is 53.2 Å². The molecule has 0 aromatic heterocycles. The van der Waals surface area contributed by atoms with E-state index in [4.69, 9.17) is 9.84 Å². The van der Waals surface area contributed by atoms with Crippen molar-refractivity contribution >= 4 is 18.0 Å². The minimum atomic E-state index is -0.925. The maximum absolute atomic E-state index is 12.3. The zero-order valence-corrected chi connectivity index (χ0v) is 12.7. The van der Waals surface area contributed by atoms with E-state index in [9.17, 15) is 14.4 Å². The Bertz CT molecular complexity index is 391. The molecule has 1 aliphatic rings. The molecule has 2 N–H and O–H groups in total. The molecule has 0 heterocycles. The summed E-state index contributed by atoms with van der Waals surface area (Å²) in [5.74, 6) is -1.39. The largest absolute Gasteiger partial charge is 0.481 e. The van der Waals surface area contributed by atoms with Gasteiger partial charge >= 0.3 is 18.0 Å². The summed E-state index contributed by atoms with van der Waals surface area (Å²) in [6.07, 6.45) is 3.02.